The normalized spacial score (nSPS) is 0. The predicted octanol–water partition coefficient (Wildman–Crippen LogP) is -1.15. The number of rotatable bonds is 0. The topological polar surface area (TPSA) is 0 Å². The fourth-order valence-electron chi connectivity index (χ4n) is 0. The molecule has 0 saturated carbocycles. The Balaban J connectivity index is 0. The Kier molecular flexibility index (Phi) is 313. The van der Waals surface area contributed by atoms with Crippen LogP contribution in [0.15, 0.2) is 0 Å². The van der Waals surface area contributed by atoms with E-state index < -0.39 is 0 Å². The first-order valence-electron chi connectivity index (χ1n) is 0. The maximum atomic E-state index is 0. The molecule has 0 aliphatic heterocycles. The summed E-state index contributed by atoms with van der Waals surface area (Å²) in [5.41, 5.74) is 0. The molecular weight excluding hydrogens is 202 g/mol. The van der Waals surface area contributed by atoms with Gasteiger partial charge in [0.2, 0.25) is 0 Å². The van der Waals surface area contributed by atoms with Gasteiger partial charge in [-0.15, -0.1) is 0 Å². The molecule has 0 aromatic carbocycles. The van der Waals surface area contributed by atoms with Crippen molar-refractivity contribution in [3.63, 3.8) is 0 Å². The molecular formula is AlCuMgNiSi. The summed E-state index contributed by atoms with van der Waals surface area (Å²) >= 11 is 0. The van der Waals surface area contributed by atoms with Crippen LogP contribution >= 0.6 is 0 Å². The molecule has 5 heavy (non-hydrogen) atoms. The quantitative estimate of drug-likeness (QED) is 0.435. The maximum absolute atomic E-state index is 0. The molecule has 0 fully saturated rings. The molecule has 0 aliphatic rings. The SMILES string of the molecule is [Al].[Cu].[Mg].[Ni].[Si]. The van der Waals surface area contributed by atoms with Crippen molar-refractivity contribution in [2.75, 3.05) is 0 Å². The molecule has 0 N–H and O–H groups in total. The Labute approximate surface area is 83.9 Å². The van der Waals surface area contributed by atoms with E-state index >= 15 is 0 Å². The van der Waals surface area contributed by atoms with Crippen molar-refractivity contribution in [3.05, 3.63) is 0 Å². The van der Waals surface area contributed by atoms with E-state index in [2.05, 4.69) is 0 Å². The smallest absolute Gasteiger partial charge is 0 e. The van der Waals surface area contributed by atoms with Gasteiger partial charge in [0.05, 0.1) is 0 Å². The molecule has 0 bridgehead atoms. The van der Waals surface area contributed by atoms with Gasteiger partial charge in [-0.25, -0.2) is 0 Å². The molecule has 0 saturated heterocycles. The molecule has 0 aliphatic carbocycles. The van der Waals surface area contributed by atoms with E-state index in [0.29, 0.717) is 0 Å². The van der Waals surface area contributed by atoms with Crippen LogP contribution in [0.1, 0.15) is 0 Å². The van der Waals surface area contributed by atoms with Gasteiger partial charge in [-0.2, -0.15) is 0 Å². The van der Waals surface area contributed by atoms with E-state index in [4.69, 9.17) is 0 Å². The maximum Gasteiger partial charge on any atom is 0 e. The number of hydrogen-bond donors (Lipinski definition) is 0. The molecule has 5 heteroatoms. The molecule has 0 aromatic rings. The third kappa shape index (κ3) is 20.9. The van der Waals surface area contributed by atoms with Gasteiger partial charge in [0.1, 0.15) is 0 Å². The Morgan fingerprint density at radius 2 is 1.00 bits per heavy atom. The third-order valence-electron chi connectivity index (χ3n) is 0. The zero-order chi connectivity index (χ0) is 0. The summed E-state index contributed by atoms with van der Waals surface area (Å²) < 4.78 is 0. The zero-order valence-electron chi connectivity index (χ0n) is 2.40. The predicted molar refractivity (Wildman–Crippen MR) is 17.3 cm³/mol. The van der Waals surface area contributed by atoms with E-state index in [1.807, 2.05) is 0 Å². The first kappa shape index (κ1) is 50.2. The molecule has 0 spiro atoms. The van der Waals surface area contributed by atoms with Gasteiger partial charge in [0, 0.05) is 84.9 Å². The standard InChI is InChI=1S/Al.Cu.Mg.Ni.Si. The summed E-state index contributed by atoms with van der Waals surface area (Å²) in [5, 5.41) is 0. The summed E-state index contributed by atoms with van der Waals surface area (Å²) in [6.45, 7) is 0. The largest absolute Gasteiger partial charge is 0 e. The van der Waals surface area contributed by atoms with Gasteiger partial charge in [0.15, 0.2) is 0 Å². The Morgan fingerprint density at radius 1 is 1.00 bits per heavy atom. The second-order valence-corrected chi connectivity index (χ2v) is 0. The van der Waals surface area contributed by atoms with E-state index in [9.17, 15) is 0 Å². The minimum atomic E-state index is 0. The monoisotopic (exact) mass is 200 g/mol. The molecule has 0 amide bonds. The third-order valence-corrected chi connectivity index (χ3v) is 0. The van der Waals surface area contributed by atoms with Crippen molar-refractivity contribution in [3.8, 4) is 0 Å². The van der Waals surface area contributed by atoms with Gasteiger partial charge in [-0.3, -0.25) is 0 Å². The molecule has 0 heterocycles. The Morgan fingerprint density at radius 3 is 1.00 bits per heavy atom. The van der Waals surface area contributed by atoms with Crippen LogP contribution < -0.4 is 0 Å². The van der Waals surface area contributed by atoms with Crippen LogP contribution in [0, 0.1) is 0 Å². The van der Waals surface area contributed by atoms with E-state index in [0.717, 1.165) is 0 Å². The first-order valence-corrected chi connectivity index (χ1v) is 0. The average Bonchev–Trinajstić information content (AvgIpc) is 0. The van der Waals surface area contributed by atoms with Crippen LogP contribution in [-0.2, 0) is 33.6 Å². The van der Waals surface area contributed by atoms with E-state index in [-0.39, 0.29) is 84.9 Å². The minimum absolute atomic E-state index is 0. The summed E-state index contributed by atoms with van der Waals surface area (Å²) in [6, 6.07) is 0. The van der Waals surface area contributed by atoms with Gasteiger partial charge >= 0.3 is 0 Å². The zero-order valence-corrected chi connectivity index (χ0v) is 7.90. The molecule has 0 aromatic heterocycles. The number of hydrogen-bond acceptors (Lipinski definition) is 0. The van der Waals surface area contributed by atoms with Gasteiger partial charge in [-0.1, -0.05) is 0 Å². The average molecular weight is 202 g/mol. The molecule has 0 unspecified atom stereocenters. The van der Waals surface area contributed by atoms with Gasteiger partial charge in [-0.05, 0) is 0 Å². The fraction of sp³-hybridized carbons (Fsp3) is 0. The molecule has 0 rings (SSSR count). The van der Waals surface area contributed by atoms with Crippen molar-refractivity contribution in [2.24, 2.45) is 0 Å². The van der Waals surface area contributed by atoms with Gasteiger partial charge < -0.3 is 0 Å². The van der Waals surface area contributed by atoms with Crippen LogP contribution in [-0.4, -0.2) is 51.4 Å². The summed E-state index contributed by atoms with van der Waals surface area (Å²) in [4.78, 5) is 0. The first-order chi connectivity index (χ1) is 0. The van der Waals surface area contributed by atoms with Crippen LogP contribution in [0.2, 0.25) is 0 Å². The van der Waals surface area contributed by atoms with Crippen molar-refractivity contribution >= 4 is 51.4 Å². The Hall–Kier alpha value is 2.53. The van der Waals surface area contributed by atoms with Gasteiger partial charge in [0.25, 0.3) is 0 Å². The molecule has 0 atom stereocenters. The Bertz CT molecular complexity index is 11.6. The summed E-state index contributed by atoms with van der Waals surface area (Å²) in [5.74, 6) is 0. The molecule has 0 nitrogen and oxygen atoms in total. The van der Waals surface area contributed by atoms with E-state index in [1.165, 1.54) is 0 Å². The molecule has 10 radical (unpaired) electrons. The fourth-order valence-corrected chi connectivity index (χ4v) is 0. The second-order valence-electron chi connectivity index (χ2n) is 0. The molecule has 30 valence electrons. The van der Waals surface area contributed by atoms with Crippen LogP contribution in [0.5, 0.6) is 0 Å². The second kappa shape index (κ2) is 31.2. The minimum Gasteiger partial charge on any atom is 0 e. The summed E-state index contributed by atoms with van der Waals surface area (Å²) in [6.07, 6.45) is 0. The van der Waals surface area contributed by atoms with Crippen molar-refractivity contribution in [1.82, 2.24) is 0 Å². The van der Waals surface area contributed by atoms with Crippen LogP contribution in [0.3, 0.4) is 0 Å². The van der Waals surface area contributed by atoms with Crippen LogP contribution in [0.4, 0.5) is 0 Å². The van der Waals surface area contributed by atoms with Crippen molar-refractivity contribution in [1.29, 1.82) is 0 Å². The van der Waals surface area contributed by atoms with Crippen molar-refractivity contribution < 1.29 is 33.6 Å². The van der Waals surface area contributed by atoms with Crippen LogP contribution in [0.25, 0.3) is 0 Å². The van der Waals surface area contributed by atoms with E-state index in [1.54, 1.807) is 0 Å². The van der Waals surface area contributed by atoms with Crippen molar-refractivity contribution in [2.45, 2.75) is 0 Å². The summed E-state index contributed by atoms with van der Waals surface area (Å²) in [7, 11) is 0.